The highest BCUT2D eigenvalue weighted by Crippen LogP contribution is 2.17. The minimum absolute atomic E-state index is 0.0695. The molecule has 98 valence electrons. The van der Waals surface area contributed by atoms with Gasteiger partial charge in [-0.1, -0.05) is 41.9 Å². The van der Waals surface area contributed by atoms with Crippen LogP contribution in [-0.2, 0) is 17.1 Å². The number of hydrogen-bond donors (Lipinski definition) is 1. The third-order valence-electron chi connectivity index (χ3n) is 2.71. The lowest BCUT2D eigenvalue weighted by molar-refractivity contribution is -0.115. The number of halogens is 2. The highest BCUT2D eigenvalue weighted by atomic mass is 35.5. The Labute approximate surface area is 122 Å². The molecule has 0 bridgehead atoms. The van der Waals surface area contributed by atoms with Crippen molar-refractivity contribution in [2.24, 2.45) is 0 Å². The van der Waals surface area contributed by atoms with Crippen molar-refractivity contribution < 1.29 is 4.79 Å². The van der Waals surface area contributed by atoms with Crippen molar-refractivity contribution in [1.29, 1.82) is 0 Å². The fourth-order valence-corrected chi connectivity index (χ4v) is 2.10. The van der Waals surface area contributed by atoms with Gasteiger partial charge in [0.05, 0.1) is 6.42 Å². The molecule has 2 aromatic carbocycles. The number of hydrogen-bond acceptors (Lipinski definition) is 1. The molecular weight excluding hydrogens is 281 g/mol. The molecule has 0 aliphatic rings. The Kier molecular flexibility index (Phi) is 4.83. The highest BCUT2D eigenvalue weighted by Gasteiger charge is 2.06. The van der Waals surface area contributed by atoms with E-state index < -0.39 is 0 Å². The first-order chi connectivity index (χ1) is 9.19. The van der Waals surface area contributed by atoms with E-state index in [9.17, 15) is 4.79 Å². The van der Waals surface area contributed by atoms with E-state index in [4.69, 9.17) is 23.2 Å². The summed E-state index contributed by atoms with van der Waals surface area (Å²) in [6.07, 6.45) is 0.313. The predicted molar refractivity (Wildman–Crippen MR) is 79.8 cm³/mol. The normalized spacial score (nSPS) is 10.2. The zero-order valence-electron chi connectivity index (χ0n) is 10.2. The minimum Gasteiger partial charge on any atom is -0.326 e. The molecule has 2 rings (SSSR count). The summed E-state index contributed by atoms with van der Waals surface area (Å²) >= 11 is 11.6. The molecule has 0 spiro atoms. The molecule has 2 aromatic rings. The number of carbonyl (C=O) groups excluding carboxylic acids is 1. The van der Waals surface area contributed by atoms with Gasteiger partial charge in [-0.3, -0.25) is 4.79 Å². The molecule has 0 aliphatic heterocycles. The molecule has 1 N–H and O–H groups in total. The van der Waals surface area contributed by atoms with E-state index in [1.807, 2.05) is 36.4 Å². The summed E-state index contributed by atoms with van der Waals surface area (Å²) in [6, 6.07) is 14.7. The lowest BCUT2D eigenvalue weighted by Gasteiger charge is -2.09. The first-order valence-corrected chi connectivity index (χ1v) is 6.78. The summed E-state index contributed by atoms with van der Waals surface area (Å²) in [7, 11) is 0. The van der Waals surface area contributed by atoms with Gasteiger partial charge in [0.2, 0.25) is 5.91 Å². The minimum atomic E-state index is -0.0695. The first kappa shape index (κ1) is 13.9. The smallest absolute Gasteiger partial charge is 0.228 e. The Morgan fingerprint density at radius 1 is 1.05 bits per heavy atom. The quantitative estimate of drug-likeness (QED) is 0.839. The molecule has 0 unspecified atom stereocenters. The van der Waals surface area contributed by atoms with Crippen LogP contribution in [0.25, 0.3) is 0 Å². The number of para-hydroxylation sites is 1. The van der Waals surface area contributed by atoms with Gasteiger partial charge < -0.3 is 5.32 Å². The van der Waals surface area contributed by atoms with Gasteiger partial charge in [0.1, 0.15) is 0 Å². The van der Waals surface area contributed by atoms with Crippen LogP contribution in [-0.4, -0.2) is 5.91 Å². The van der Waals surface area contributed by atoms with Gasteiger partial charge >= 0.3 is 0 Å². The van der Waals surface area contributed by atoms with E-state index in [2.05, 4.69) is 5.32 Å². The average molecular weight is 294 g/mol. The molecule has 19 heavy (non-hydrogen) atoms. The second-order valence-electron chi connectivity index (χ2n) is 4.14. The zero-order valence-corrected chi connectivity index (χ0v) is 11.7. The van der Waals surface area contributed by atoms with E-state index in [1.165, 1.54) is 0 Å². The monoisotopic (exact) mass is 293 g/mol. The topological polar surface area (TPSA) is 29.1 Å². The van der Waals surface area contributed by atoms with Gasteiger partial charge in [-0.05, 0) is 29.3 Å². The second-order valence-corrected chi connectivity index (χ2v) is 4.85. The summed E-state index contributed by atoms with van der Waals surface area (Å²) < 4.78 is 0. The van der Waals surface area contributed by atoms with Crippen molar-refractivity contribution in [2.75, 3.05) is 5.32 Å². The summed E-state index contributed by atoms with van der Waals surface area (Å²) in [5, 5.41) is 3.53. The number of benzene rings is 2. The summed E-state index contributed by atoms with van der Waals surface area (Å²) in [5.41, 5.74) is 2.59. The maximum atomic E-state index is 11.9. The van der Waals surface area contributed by atoms with Crippen molar-refractivity contribution in [1.82, 2.24) is 0 Å². The summed E-state index contributed by atoms with van der Waals surface area (Å²) in [5.74, 6) is 0.303. The Morgan fingerprint density at radius 3 is 2.42 bits per heavy atom. The van der Waals surface area contributed by atoms with Gasteiger partial charge in [0, 0.05) is 16.6 Å². The standard InChI is InChI=1S/C15H13Cl2NO/c16-10-12-3-1-2-4-14(12)18-15(19)9-11-5-7-13(17)8-6-11/h1-8H,9-10H2,(H,18,19). The zero-order chi connectivity index (χ0) is 13.7. The number of alkyl halides is 1. The lowest BCUT2D eigenvalue weighted by atomic mass is 10.1. The molecular formula is C15H13Cl2NO. The number of amides is 1. The van der Waals surface area contributed by atoms with Gasteiger partial charge in [0.15, 0.2) is 0 Å². The van der Waals surface area contributed by atoms with Crippen LogP contribution in [0.5, 0.6) is 0 Å². The van der Waals surface area contributed by atoms with Crippen LogP contribution in [0.4, 0.5) is 5.69 Å². The fourth-order valence-electron chi connectivity index (χ4n) is 1.74. The molecule has 0 aliphatic carbocycles. The fraction of sp³-hybridized carbons (Fsp3) is 0.133. The van der Waals surface area contributed by atoms with E-state index in [1.54, 1.807) is 12.1 Å². The Hall–Kier alpha value is -1.51. The Bertz CT molecular complexity index is 567. The van der Waals surface area contributed by atoms with Crippen LogP contribution in [0.15, 0.2) is 48.5 Å². The number of rotatable bonds is 4. The molecule has 4 heteroatoms. The summed E-state index contributed by atoms with van der Waals surface area (Å²) in [4.78, 5) is 11.9. The number of nitrogens with one attached hydrogen (secondary N) is 1. The molecule has 0 saturated carbocycles. The van der Waals surface area contributed by atoms with Gasteiger partial charge in [0.25, 0.3) is 0 Å². The van der Waals surface area contributed by atoms with Gasteiger partial charge in [-0.25, -0.2) is 0 Å². The second kappa shape index (κ2) is 6.60. The molecule has 0 atom stereocenters. The molecule has 0 heterocycles. The third kappa shape index (κ3) is 3.98. The van der Waals surface area contributed by atoms with Gasteiger partial charge in [-0.15, -0.1) is 11.6 Å². The predicted octanol–water partition coefficient (Wildman–Crippen LogP) is 4.26. The average Bonchev–Trinajstić information content (AvgIpc) is 2.42. The molecule has 0 fully saturated rings. The molecule has 1 amide bonds. The van der Waals surface area contributed by atoms with Crippen LogP contribution in [0.1, 0.15) is 11.1 Å². The number of carbonyl (C=O) groups is 1. The van der Waals surface area contributed by atoms with Crippen LogP contribution in [0, 0.1) is 0 Å². The van der Waals surface area contributed by atoms with Crippen molar-refractivity contribution in [3.8, 4) is 0 Å². The summed E-state index contributed by atoms with van der Waals surface area (Å²) in [6.45, 7) is 0. The van der Waals surface area contributed by atoms with Crippen molar-refractivity contribution in [3.63, 3.8) is 0 Å². The van der Waals surface area contributed by atoms with E-state index >= 15 is 0 Å². The molecule has 0 aromatic heterocycles. The Morgan fingerprint density at radius 2 is 1.74 bits per heavy atom. The highest BCUT2D eigenvalue weighted by molar-refractivity contribution is 6.30. The van der Waals surface area contributed by atoms with Crippen LogP contribution in [0.3, 0.4) is 0 Å². The molecule has 2 nitrogen and oxygen atoms in total. The van der Waals surface area contributed by atoms with E-state index in [0.717, 1.165) is 16.8 Å². The van der Waals surface area contributed by atoms with Crippen LogP contribution in [0.2, 0.25) is 5.02 Å². The lowest BCUT2D eigenvalue weighted by Crippen LogP contribution is -2.15. The largest absolute Gasteiger partial charge is 0.326 e. The van der Waals surface area contributed by atoms with Crippen LogP contribution < -0.4 is 5.32 Å². The van der Waals surface area contributed by atoms with Gasteiger partial charge in [-0.2, -0.15) is 0 Å². The molecule has 0 radical (unpaired) electrons. The molecule has 0 saturated heterocycles. The van der Waals surface area contributed by atoms with Crippen molar-refractivity contribution >= 4 is 34.8 Å². The maximum Gasteiger partial charge on any atom is 0.228 e. The number of anilines is 1. The van der Waals surface area contributed by atoms with E-state index in [0.29, 0.717) is 17.3 Å². The Balaban J connectivity index is 2.03. The third-order valence-corrected chi connectivity index (χ3v) is 3.25. The first-order valence-electron chi connectivity index (χ1n) is 5.87. The SMILES string of the molecule is O=C(Cc1ccc(Cl)cc1)Nc1ccccc1CCl. The van der Waals surface area contributed by atoms with E-state index in [-0.39, 0.29) is 5.91 Å². The van der Waals surface area contributed by atoms with Crippen LogP contribution >= 0.6 is 23.2 Å². The van der Waals surface area contributed by atoms with Crippen molar-refractivity contribution in [2.45, 2.75) is 12.3 Å². The maximum absolute atomic E-state index is 11.9. The van der Waals surface area contributed by atoms with Crippen molar-refractivity contribution in [3.05, 3.63) is 64.7 Å².